The fourth-order valence-electron chi connectivity index (χ4n) is 2.45. The number of hydrogen-bond acceptors (Lipinski definition) is 2. The predicted octanol–water partition coefficient (Wildman–Crippen LogP) is 1.72. The highest BCUT2D eigenvalue weighted by Gasteiger charge is 2.55. The van der Waals surface area contributed by atoms with Gasteiger partial charge in [0.25, 0.3) is 0 Å². The number of hydrogen-bond donors (Lipinski definition) is 1. The molecule has 1 atom stereocenters. The summed E-state index contributed by atoms with van der Waals surface area (Å²) in [7, 11) is 0. The Morgan fingerprint density at radius 3 is 2.67 bits per heavy atom. The molecular formula is C10H18O2. The molecular weight excluding hydrogens is 152 g/mol. The smallest absolute Gasteiger partial charge is 0.0638 e. The molecule has 2 rings (SSSR count). The molecule has 0 aliphatic heterocycles. The van der Waals surface area contributed by atoms with Gasteiger partial charge >= 0.3 is 0 Å². The second-order valence-electron chi connectivity index (χ2n) is 4.24. The first-order valence-corrected chi connectivity index (χ1v) is 5.06. The first kappa shape index (κ1) is 8.52. The molecule has 0 aromatic heterocycles. The Kier molecular flexibility index (Phi) is 2.13. The van der Waals surface area contributed by atoms with Gasteiger partial charge in [-0.05, 0) is 44.4 Å². The van der Waals surface area contributed by atoms with Crippen LogP contribution in [0.2, 0.25) is 0 Å². The molecule has 0 aromatic rings. The predicted molar refractivity (Wildman–Crippen MR) is 46.9 cm³/mol. The topological polar surface area (TPSA) is 29.5 Å². The van der Waals surface area contributed by atoms with E-state index in [0.29, 0.717) is 11.5 Å². The van der Waals surface area contributed by atoms with Crippen molar-refractivity contribution in [2.75, 3.05) is 6.61 Å². The number of ether oxygens (including phenoxy) is 1. The van der Waals surface area contributed by atoms with Gasteiger partial charge in [0.1, 0.15) is 0 Å². The van der Waals surface area contributed by atoms with Crippen LogP contribution in [0.3, 0.4) is 0 Å². The zero-order valence-electron chi connectivity index (χ0n) is 7.75. The van der Waals surface area contributed by atoms with Crippen molar-refractivity contribution >= 4 is 0 Å². The molecule has 2 fully saturated rings. The molecule has 2 nitrogen and oxygen atoms in total. The molecule has 1 unspecified atom stereocenters. The quantitative estimate of drug-likeness (QED) is 0.683. The van der Waals surface area contributed by atoms with Gasteiger partial charge in [0.15, 0.2) is 0 Å². The van der Waals surface area contributed by atoms with E-state index in [1.165, 1.54) is 19.3 Å². The summed E-state index contributed by atoms with van der Waals surface area (Å²) in [4.78, 5) is 0. The Morgan fingerprint density at radius 1 is 1.42 bits per heavy atom. The maximum atomic E-state index is 9.34. The zero-order valence-corrected chi connectivity index (χ0v) is 7.75. The third-order valence-corrected chi connectivity index (χ3v) is 3.43. The first-order valence-electron chi connectivity index (χ1n) is 5.06. The average Bonchev–Trinajstić information content (AvgIpc) is 2.72. The second kappa shape index (κ2) is 3.00. The van der Waals surface area contributed by atoms with E-state index in [1.807, 2.05) is 0 Å². The summed E-state index contributed by atoms with van der Waals surface area (Å²) in [6, 6.07) is 0. The molecule has 0 bridgehead atoms. The Labute approximate surface area is 73.9 Å². The molecule has 2 heteroatoms. The van der Waals surface area contributed by atoms with Crippen molar-refractivity contribution in [3.8, 4) is 0 Å². The van der Waals surface area contributed by atoms with Gasteiger partial charge in [0, 0.05) is 6.61 Å². The van der Waals surface area contributed by atoms with Gasteiger partial charge in [-0.2, -0.15) is 0 Å². The van der Waals surface area contributed by atoms with Gasteiger partial charge in [-0.25, -0.2) is 0 Å². The molecule has 0 radical (unpaired) electrons. The second-order valence-corrected chi connectivity index (χ2v) is 4.24. The summed E-state index contributed by atoms with van der Waals surface area (Å²) in [5, 5.41) is 9.34. The van der Waals surface area contributed by atoms with E-state index in [9.17, 15) is 5.11 Å². The monoisotopic (exact) mass is 170 g/mol. The fourth-order valence-corrected chi connectivity index (χ4v) is 2.45. The summed E-state index contributed by atoms with van der Waals surface area (Å²) in [5.74, 6) is 0. The van der Waals surface area contributed by atoms with Crippen LogP contribution in [0, 0.1) is 5.41 Å². The van der Waals surface area contributed by atoms with Gasteiger partial charge in [-0.15, -0.1) is 0 Å². The molecule has 2 aliphatic carbocycles. The van der Waals surface area contributed by atoms with E-state index in [1.54, 1.807) is 0 Å². The third kappa shape index (κ3) is 1.38. The highest BCUT2D eigenvalue weighted by Crippen LogP contribution is 2.57. The molecule has 2 aliphatic rings. The average molecular weight is 170 g/mol. The molecule has 1 N–H and O–H groups in total. The summed E-state index contributed by atoms with van der Waals surface area (Å²) in [6.07, 6.45) is 6.08. The molecule has 1 spiro atoms. The van der Waals surface area contributed by atoms with Crippen molar-refractivity contribution in [2.24, 2.45) is 5.41 Å². The minimum Gasteiger partial charge on any atom is -0.393 e. The summed E-state index contributed by atoms with van der Waals surface area (Å²) in [6.45, 7) is 2.90. The van der Waals surface area contributed by atoms with Crippen LogP contribution in [0.4, 0.5) is 0 Å². The van der Waals surface area contributed by atoms with Crippen LogP contribution < -0.4 is 0 Å². The van der Waals surface area contributed by atoms with Crippen molar-refractivity contribution in [1.82, 2.24) is 0 Å². The maximum absolute atomic E-state index is 9.34. The lowest BCUT2D eigenvalue weighted by molar-refractivity contribution is 0.0542. The Bertz CT molecular complexity index is 159. The van der Waals surface area contributed by atoms with Gasteiger partial charge < -0.3 is 9.84 Å². The largest absolute Gasteiger partial charge is 0.393 e. The molecule has 0 aromatic carbocycles. The van der Waals surface area contributed by atoms with Crippen molar-refractivity contribution in [3.63, 3.8) is 0 Å². The summed E-state index contributed by atoms with van der Waals surface area (Å²) in [5.41, 5.74) is 0.495. The zero-order chi connectivity index (χ0) is 8.60. The lowest BCUT2D eigenvalue weighted by Crippen LogP contribution is -2.22. The van der Waals surface area contributed by atoms with Gasteiger partial charge in [0.05, 0.1) is 12.2 Å². The van der Waals surface area contributed by atoms with Crippen LogP contribution in [-0.4, -0.2) is 23.9 Å². The van der Waals surface area contributed by atoms with Gasteiger partial charge in [0.2, 0.25) is 0 Å². The Hall–Kier alpha value is -0.0800. The van der Waals surface area contributed by atoms with Crippen LogP contribution in [-0.2, 0) is 4.74 Å². The minimum absolute atomic E-state index is 0.0292. The van der Waals surface area contributed by atoms with E-state index in [2.05, 4.69) is 6.92 Å². The van der Waals surface area contributed by atoms with Crippen LogP contribution in [0.25, 0.3) is 0 Å². The van der Waals surface area contributed by atoms with Crippen molar-refractivity contribution in [2.45, 2.75) is 51.2 Å². The van der Waals surface area contributed by atoms with Crippen molar-refractivity contribution in [1.29, 1.82) is 0 Å². The van der Waals surface area contributed by atoms with Crippen LogP contribution in [0.15, 0.2) is 0 Å². The normalized spacial score (nSPS) is 46.5. The summed E-state index contributed by atoms with van der Waals surface area (Å²) >= 11 is 0. The van der Waals surface area contributed by atoms with E-state index in [4.69, 9.17) is 4.74 Å². The lowest BCUT2D eigenvalue weighted by atomic mass is 9.84. The molecule has 0 amide bonds. The molecule has 2 saturated carbocycles. The standard InChI is InChI=1S/C10H18O2/c1-2-12-9-7-10(9)5-3-8(11)4-6-10/h8-9,11H,2-7H2,1H3. The van der Waals surface area contributed by atoms with E-state index >= 15 is 0 Å². The number of rotatable bonds is 2. The summed E-state index contributed by atoms with van der Waals surface area (Å²) < 4.78 is 5.60. The Morgan fingerprint density at radius 2 is 2.08 bits per heavy atom. The van der Waals surface area contributed by atoms with Crippen LogP contribution >= 0.6 is 0 Å². The first-order chi connectivity index (χ1) is 5.77. The van der Waals surface area contributed by atoms with Crippen molar-refractivity contribution < 1.29 is 9.84 Å². The molecule has 12 heavy (non-hydrogen) atoms. The molecule has 0 heterocycles. The number of aliphatic hydroxyl groups is 1. The SMILES string of the molecule is CCOC1CC12CCC(O)CC2. The van der Waals surface area contributed by atoms with Crippen LogP contribution in [0.5, 0.6) is 0 Å². The minimum atomic E-state index is -0.0292. The fraction of sp³-hybridized carbons (Fsp3) is 1.00. The van der Waals surface area contributed by atoms with E-state index < -0.39 is 0 Å². The molecule has 0 saturated heterocycles. The van der Waals surface area contributed by atoms with Gasteiger partial charge in [-0.1, -0.05) is 0 Å². The Balaban J connectivity index is 1.83. The highest BCUT2D eigenvalue weighted by atomic mass is 16.5. The van der Waals surface area contributed by atoms with Crippen LogP contribution in [0.1, 0.15) is 39.0 Å². The van der Waals surface area contributed by atoms with E-state index in [-0.39, 0.29) is 6.10 Å². The number of aliphatic hydroxyl groups excluding tert-OH is 1. The lowest BCUT2D eigenvalue weighted by Gasteiger charge is -2.25. The highest BCUT2D eigenvalue weighted by molar-refractivity contribution is 5.06. The van der Waals surface area contributed by atoms with Crippen molar-refractivity contribution in [3.05, 3.63) is 0 Å². The maximum Gasteiger partial charge on any atom is 0.0638 e. The third-order valence-electron chi connectivity index (χ3n) is 3.43. The molecule has 70 valence electrons. The van der Waals surface area contributed by atoms with E-state index in [0.717, 1.165) is 19.4 Å². The van der Waals surface area contributed by atoms with Gasteiger partial charge in [-0.3, -0.25) is 0 Å².